The number of hydrogen-bond acceptors (Lipinski definition) is 6. The van der Waals surface area contributed by atoms with Crippen LogP contribution in [-0.4, -0.2) is 32.0 Å². The van der Waals surface area contributed by atoms with Crippen LogP contribution in [-0.2, 0) is 6.54 Å². The standard InChI is InChI=1S/C16H12F4N6O3/c17-13-11(21)4-5-25(15(13)28)26-8-12(23-24-26)14(27)22-7-9-2-1-3-10(6-9)29-16(18,19)20/h1-6,8H,7,21H2,(H,22,27). The van der Waals surface area contributed by atoms with E-state index in [1.165, 1.54) is 12.1 Å². The molecule has 29 heavy (non-hydrogen) atoms. The number of anilines is 1. The van der Waals surface area contributed by atoms with Crippen molar-refractivity contribution in [3.05, 3.63) is 70.2 Å². The number of ether oxygens (including phenoxy) is 1. The molecule has 0 unspecified atom stereocenters. The Morgan fingerprint density at radius 1 is 1.28 bits per heavy atom. The summed E-state index contributed by atoms with van der Waals surface area (Å²) in [6.45, 7) is -0.128. The molecular formula is C16H12F4N6O3. The molecule has 0 fully saturated rings. The molecule has 9 nitrogen and oxygen atoms in total. The van der Waals surface area contributed by atoms with Crippen molar-refractivity contribution in [2.75, 3.05) is 5.73 Å². The minimum absolute atomic E-state index is 0.128. The average Bonchev–Trinajstić information content (AvgIpc) is 3.13. The molecule has 0 saturated heterocycles. The van der Waals surface area contributed by atoms with Crippen LogP contribution >= 0.6 is 0 Å². The summed E-state index contributed by atoms with van der Waals surface area (Å²) in [6, 6.07) is 6.18. The van der Waals surface area contributed by atoms with E-state index < -0.39 is 29.4 Å². The summed E-state index contributed by atoms with van der Waals surface area (Å²) in [4.78, 5) is 24.8. The molecule has 0 atom stereocenters. The molecule has 0 aliphatic rings. The number of alkyl halides is 3. The number of nitrogens with two attached hydrogens (primary N) is 1. The summed E-state index contributed by atoms with van der Waals surface area (Å²) < 4.78 is 54.9. The van der Waals surface area contributed by atoms with Gasteiger partial charge in [0.15, 0.2) is 5.69 Å². The van der Waals surface area contributed by atoms with Crippen LogP contribution in [0.25, 0.3) is 0 Å². The molecule has 0 saturated carbocycles. The zero-order valence-corrected chi connectivity index (χ0v) is 14.4. The molecule has 3 aromatic rings. The highest BCUT2D eigenvalue weighted by molar-refractivity contribution is 5.91. The molecule has 0 radical (unpaired) electrons. The van der Waals surface area contributed by atoms with Crippen molar-refractivity contribution in [1.82, 2.24) is 25.1 Å². The summed E-state index contributed by atoms with van der Waals surface area (Å²) in [5.41, 5.74) is 3.98. The van der Waals surface area contributed by atoms with Gasteiger partial charge in [0.05, 0.1) is 11.9 Å². The van der Waals surface area contributed by atoms with Crippen LogP contribution in [0.5, 0.6) is 5.75 Å². The van der Waals surface area contributed by atoms with Crippen LogP contribution in [0.15, 0.2) is 47.5 Å². The third-order valence-corrected chi connectivity index (χ3v) is 3.56. The number of halogens is 4. The Labute approximate surface area is 159 Å². The molecule has 2 heterocycles. The molecule has 3 rings (SSSR count). The second kappa shape index (κ2) is 7.61. The molecule has 0 spiro atoms. The van der Waals surface area contributed by atoms with Gasteiger partial charge in [-0.2, -0.15) is 9.18 Å². The highest BCUT2D eigenvalue weighted by atomic mass is 19.4. The van der Waals surface area contributed by atoms with Crippen LogP contribution in [0.4, 0.5) is 23.2 Å². The third-order valence-electron chi connectivity index (χ3n) is 3.56. The van der Waals surface area contributed by atoms with E-state index in [9.17, 15) is 27.2 Å². The Morgan fingerprint density at radius 2 is 2.03 bits per heavy atom. The molecule has 0 bridgehead atoms. The number of pyridine rings is 1. The minimum Gasteiger partial charge on any atom is -0.406 e. The first-order chi connectivity index (χ1) is 13.6. The average molecular weight is 412 g/mol. The number of carbonyl (C=O) groups is 1. The van der Waals surface area contributed by atoms with Crippen LogP contribution in [0.1, 0.15) is 16.1 Å². The Hall–Kier alpha value is -3.90. The molecule has 0 aliphatic heterocycles. The Balaban J connectivity index is 1.70. The van der Waals surface area contributed by atoms with Crippen LogP contribution < -0.4 is 21.3 Å². The number of amides is 1. The van der Waals surface area contributed by atoms with Gasteiger partial charge in [0.2, 0.25) is 5.82 Å². The van der Waals surface area contributed by atoms with Gasteiger partial charge >= 0.3 is 11.9 Å². The number of aromatic nitrogens is 4. The van der Waals surface area contributed by atoms with E-state index in [1.807, 2.05) is 0 Å². The van der Waals surface area contributed by atoms with Gasteiger partial charge in [0.1, 0.15) is 5.75 Å². The van der Waals surface area contributed by atoms with Crippen LogP contribution in [0.2, 0.25) is 0 Å². The lowest BCUT2D eigenvalue weighted by Gasteiger charge is -2.10. The smallest absolute Gasteiger partial charge is 0.406 e. The third kappa shape index (κ3) is 4.69. The quantitative estimate of drug-likeness (QED) is 0.610. The second-order valence-corrected chi connectivity index (χ2v) is 5.64. The highest BCUT2D eigenvalue weighted by Crippen LogP contribution is 2.23. The van der Waals surface area contributed by atoms with Gasteiger partial charge < -0.3 is 15.8 Å². The lowest BCUT2D eigenvalue weighted by atomic mass is 10.2. The van der Waals surface area contributed by atoms with Gasteiger partial charge in [-0.05, 0) is 29.0 Å². The normalized spacial score (nSPS) is 11.3. The summed E-state index contributed by atoms with van der Waals surface area (Å²) in [7, 11) is 0. The fourth-order valence-corrected chi connectivity index (χ4v) is 2.27. The zero-order chi connectivity index (χ0) is 21.2. The number of hydrogen-bond donors (Lipinski definition) is 2. The van der Waals surface area contributed by atoms with Gasteiger partial charge in [-0.1, -0.05) is 12.1 Å². The molecule has 0 aliphatic carbocycles. The summed E-state index contributed by atoms with van der Waals surface area (Å²) in [6.07, 6.45) is -2.63. The minimum atomic E-state index is -4.83. The lowest BCUT2D eigenvalue weighted by Crippen LogP contribution is -2.29. The molecular weight excluding hydrogens is 400 g/mol. The maximum absolute atomic E-state index is 13.6. The number of nitrogens with zero attached hydrogens (tertiary/aromatic N) is 4. The SMILES string of the molecule is Nc1ccn(-n2cc(C(=O)NCc3cccc(OC(F)(F)F)c3)nn2)c(=O)c1F. The number of benzene rings is 1. The van der Waals surface area contributed by atoms with E-state index in [0.717, 1.165) is 40.1 Å². The lowest BCUT2D eigenvalue weighted by molar-refractivity contribution is -0.274. The Bertz CT molecular complexity index is 1110. The summed E-state index contributed by atoms with van der Waals surface area (Å²) in [5.74, 6) is -2.34. The second-order valence-electron chi connectivity index (χ2n) is 5.64. The number of nitrogen functional groups attached to an aromatic ring is 1. The van der Waals surface area contributed by atoms with Gasteiger partial charge in [-0.3, -0.25) is 9.59 Å². The van der Waals surface area contributed by atoms with E-state index in [1.54, 1.807) is 0 Å². The number of carbonyl (C=O) groups excluding carboxylic acids is 1. The molecule has 3 N–H and O–H groups in total. The van der Waals surface area contributed by atoms with Crippen molar-refractivity contribution in [1.29, 1.82) is 0 Å². The Kier molecular flexibility index (Phi) is 5.21. The first-order valence-corrected chi connectivity index (χ1v) is 7.86. The molecule has 2 aromatic heterocycles. The zero-order valence-electron chi connectivity index (χ0n) is 14.4. The topological polar surface area (TPSA) is 117 Å². The number of nitrogens with one attached hydrogen (secondary N) is 1. The number of rotatable bonds is 5. The van der Waals surface area contributed by atoms with Crippen molar-refractivity contribution in [2.45, 2.75) is 12.9 Å². The maximum atomic E-state index is 13.6. The van der Waals surface area contributed by atoms with Crippen molar-refractivity contribution in [3.63, 3.8) is 0 Å². The van der Waals surface area contributed by atoms with Crippen LogP contribution in [0, 0.1) is 5.82 Å². The van der Waals surface area contributed by atoms with E-state index in [2.05, 4.69) is 20.4 Å². The van der Waals surface area contributed by atoms with Gasteiger partial charge in [0, 0.05) is 12.7 Å². The fraction of sp³-hybridized carbons (Fsp3) is 0.125. The van der Waals surface area contributed by atoms with E-state index in [4.69, 9.17) is 5.73 Å². The van der Waals surface area contributed by atoms with Gasteiger partial charge in [0.25, 0.3) is 5.91 Å². The summed E-state index contributed by atoms with van der Waals surface area (Å²) in [5, 5.41) is 9.58. The highest BCUT2D eigenvalue weighted by Gasteiger charge is 2.31. The summed E-state index contributed by atoms with van der Waals surface area (Å²) >= 11 is 0. The largest absolute Gasteiger partial charge is 0.573 e. The monoisotopic (exact) mass is 412 g/mol. The molecule has 1 aromatic carbocycles. The van der Waals surface area contributed by atoms with E-state index in [-0.39, 0.29) is 17.9 Å². The van der Waals surface area contributed by atoms with E-state index in [0.29, 0.717) is 5.56 Å². The molecule has 13 heteroatoms. The van der Waals surface area contributed by atoms with Gasteiger partial charge in [-0.15, -0.1) is 18.3 Å². The first kappa shape index (κ1) is 19.9. The van der Waals surface area contributed by atoms with Crippen molar-refractivity contribution in [3.8, 4) is 5.75 Å². The fourth-order valence-electron chi connectivity index (χ4n) is 2.27. The van der Waals surface area contributed by atoms with Crippen molar-refractivity contribution in [2.24, 2.45) is 0 Å². The van der Waals surface area contributed by atoms with E-state index >= 15 is 0 Å². The molecule has 1 amide bonds. The predicted molar refractivity (Wildman–Crippen MR) is 90.2 cm³/mol. The van der Waals surface area contributed by atoms with Crippen molar-refractivity contribution < 1.29 is 27.1 Å². The Morgan fingerprint density at radius 3 is 2.76 bits per heavy atom. The van der Waals surface area contributed by atoms with Gasteiger partial charge in [-0.25, -0.2) is 4.68 Å². The maximum Gasteiger partial charge on any atom is 0.573 e. The van der Waals surface area contributed by atoms with Crippen LogP contribution in [0.3, 0.4) is 0 Å². The molecule has 152 valence electrons. The predicted octanol–water partition coefficient (Wildman–Crippen LogP) is 1.30. The van der Waals surface area contributed by atoms with Crippen molar-refractivity contribution >= 4 is 11.6 Å². The first-order valence-electron chi connectivity index (χ1n) is 7.86.